The number of para-hydroxylation sites is 1. The number of aryl methyl sites for hydroxylation is 1. The molecule has 0 amide bonds. The molecule has 0 radical (unpaired) electrons. The monoisotopic (exact) mass is 339 g/mol. The van der Waals surface area contributed by atoms with E-state index in [9.17, 15) is 13.2 Å². The molecule has 2 nitrogen and oxygen atoms in total. The van der Waals surface area contributed by atoms with E-state index >= 15 is 0 Å². The summed E-state index contributed by atoms with van der Waals surface area (Å²) in [6, 6.07) is 16.7. The molecule has 2 unspecified atom stereocenters. The van der Waals surface area contributed by atoms with E-state index in [2.05, 4.69) is 0 Å². The van der Waals surface area contributed by atoms with Crippen molar-refractivity contribution < 1.29 is 18.0 Å². The third kappa shape index (κ3) is 3.82. The van der Waals surface area contributed by atoms with Crippen molar-refractivity contribution in [2.45, 2.75) is 30.3 Å². The van der Waals surface area contributed by atoms with E-state index in [-0.39, 0.29) is 24.2 Å². The maximum Gasteiger partial charge on any atom is 0.444 e. The molecule has 0 saturated carbocycles. The van der Waals surface area contributed by atoms with Crippen LogP contribution in [-0.2, 0) is 4.84 Å². The highest BCUT2D eigenvalue weighted by atomic mass is 32.2. The second kappa shape index (κ2) is 6.45. The van der Waals surface area contributed by atoms with Crippen molar-refractivity contribution in [3.63, 3.8) is 0 Å². The highest BCUT2D eigenvalue weighted by Crippen LogP contribution is 2.46. The number of hydrogen-bond acceptors (Lipinski definition) is 3. The molecular formula is C17H16F3NOS. The van der Waals surface area contributed by atoms with Crippen molar-refractivity contribution in [1.82, 2.24) is 0 Å². The Kier molecular flexibility index (Phi) is 4.55. The lowest BCUT2D eigenvalue weighted by atomic mass is 9.99. The molecule has 6 heteroatoms. The lowest BCUT2D eigenvalue weighted by Crippen LogP contribution is -2.22. The van der Waals surface area contributed by atoms with Crippen LogP contribution in [0.2, 0.25) is 0 Å². The number of hydrogen-bond donors (Lipinski definition) is 0. The Morgan fingerprint density at radius 1 is 1.04 bits per heavy atom. The Balaban J connectivity index is 1.92. The van der Waals surface area contributed by atoms with Gasteiger partial charge in [0, 0.05) is 6.42 Å². The molecule has 122 valence electrons. The molecule has 1 saturated heterocycles. The molecule has 0 aromatic heterocycles. The van der Waals surface area contributed by atoms with Gasteiger partial charge in [0.25, 0.3) is 0 Å². The highest BCUT2D eigenvalue weighted by Gasteiger charge is 2.42. The molecule has 2 aromatic rings. The third-order valence-electron chi connectivity index (χ3n) is 3.75. The zero-order chi connectivity index (χ0) is 16.4. The van der Waals surface area contributed by atoms with Crippen LogP contribution in [-0.4, -0.2) is 10.9 Å². The molecule has 1 aliphatic rings. The van der Waals surface area contributed by atoms with Gasteiger partial charge in [-0.15, -0.1) is 0 Å². The Bertz CT molecular complexity index is 662. The first-order valence-corrected chi connectivity index (χ1v) is 8.13. The van der Waals surface area contributed by atoms with Gasteiger partial charge in [-0.25, -0.2) is 5.06 Å². The van der Waals surface area contributed by atoms with E-state index in [1.807, 2.05) is 61.5 Å². The summed E-state index contributed by atoms with van der Waals surface area (Å²) in [4.78, 5) is 5.62. The van der Waals surface area contributed by atoms with Gasteiger partial charge in [0.15, 0.2) is 0 Å². The van der Waals surface area contributed by atoms with Crippen molar-refractivity contribution in [2.75, 3.05) is 5.06 Å². The predicted octanol–water partition coefficient (Wildman–Crippen LogP) is 5.46. The summed E-state index contributed by atoms with van der Waals surface area (Å²) in [6.45, 7) is 1.96. The van der Waals surface area contributed by atoms with E-state index in [0.717, 1.165) is 16.8 Å². The highest BCUT2D eigenvalue weighted by molar-refractivity contribution is 8.00. The smallest absolute Gasteiger partial charge is 0.258 e. The van der Waals surface area contributed by atoms with Crippen LogP contribution in [0, 0.1) is 6.92 Å². The number of thioether (sulfide) groups is 1. The second-order valence-corrected chi connectivity index (χ2v) is 6.59. The minimum absolute atomic E-state index is 0.0968. The number of halogens is 3. The molecule has 2 atom stereocenters. The first kappa shape index (κ1) is 16.2. The average molecular weight is 339 g/mol. The van der Waals surface area contributed by atoms with E-state index < -0.39 is 10.9 Å². The number of hydroxylamine groups is 1. The third-order valence-corrected chi connectivity index (χ3v) is 4.56. The first-order chi connectivity index (χ1) is 10.9. The normalized spacial score (nSPS) is 21.7. The molecule has 1 fully saturated rings. The Morgan fingerprint density at radius 3 is 2.35 bits per heavy atom. The van der Waals surface area contributed by atoms with Gasteiger partial charge in [0.05, 0.1) is 11.7 Å². The standard InChI is InChI=1S/C17H16F3NOS/c1-12-7-5-6-10-14(12)15-11-16(23-17(18,19)20)22-21(15)13-8-3-2-4-9-13/h2-10,15-16H,11H2,1H3. The van der Waals surface area contributed by atoms with Gasteiger partial charge in [-0.1, -0.05) is 42.5 Å². The van der Waals surface area contributed by atoms with Crippen molar-refractivity contribution >= 4 is 17.4 Å². The van der Waals surface area contributed by atoms with Gasteiger partial charge >= 0.3 is 5.51 Å². The number of nitrogens with zero attached hydrogens (tertiary/aromatic N) is 1. The largest absolute Gasteiger partial charge is 0.444 e. The molecule has 3 rings (SSSR count). The number of alkyl halides is 3. The number of rotatable bonds is 3. The van der Waals surface area contributed by atoms with Crippen LogP contribution in [0.3, 0.4) is 0 Å². The molecule has 0 spiro atoms. The molecule has 0 aliphatic carbocycles. The van der Waals surface area contributed by atoms with Crippen molar-refractivity contribution in [3.05, 3.63) is 65.7 Å². The van der Waals surface area contributed by atoms with Crippen LogP contribution in [0.5, 0.6) is 0 Å². The van der Waals surface area contributed by atoms with E-state index in [1.54, 1.807) is 5.06 Å². The Labute approximate surface area is 137 Å². The van der Waals surface area contributed by atoms with Gasteiger partial charge in [0.1, 0.15) is 5.44 Å². The van der Waals surface area contributed by atoms with Gasteiger partial charge in [-0.05, 0) is 41.9 Å². The average Bonchev–Trinajstić information content (AvgIpc) is 2.90. The number of benzene rings is 2. The van der Waals surface area contributed by atoms with E-state index in [0.29, 0.717) is 0 Å². The van der Waals surface area contributed by atoms with Gasteiger partial charge in [-0.2, -0.15) is 13.2 Å². The first-order valence-electron chi connectivity index (χ1n) is 7.25. The molecule has 1 heterocycles. The fraction of sp³-hybridized carbons (Fsp3) is 0.294. The molecule has 2 aromatic carbocycles. The molecule has 23 heavy (non-hydrogen) atoms. The zero-order valence-electron chi connectivity index (χ0n) is 12.5. The lowest BCUT2D eigenvalue weighted by Gasteiger charge is -2.26. The van der Waals surface area contributed by atoms with Gasteiger partial charge in [0.2, 0.25) is 0 Å². The van der Waals surface area contributed by atoms with Crippen molar-refractivity contribution in [2.24, 2.45) is 0 Å². The molecule has 0 bridgehead atoms. The number of anilines is 1. The summed E-state index contributed by atoms with van der Waals surface area (Å²) < 4.78 is 38.1. The van der Waals surface area contributed by atoms with Crippen molar-refractivity contribution in [3.8, 4) is 0 Å². The van der Waals surface area contributed by atoms with Crippen molar-refractivity contribution in [1.29, 1.82) is 0 Å². The fourth-order valence-corrected chi connectivity index (χ4v) is 3.48. The maximum absolute atomic E-state index is 12.7. The van der Waals surface area contributed by atoms with Gasteiger partial charge < -0.3 is 0 Å². The summed E-state index contributed by atoms with van der Waals surface area (Å²) in [6.07, 6.45) is 0.282. The molecular weight excluding hydrogens is 323 g/mol. The zero-order valence-corrected chi connectivity index (χ0v) is 13.3. The topological polar surface area (TPSA) is 12.5 Å². The van der Waals surface area contributed by atoms with E-state index in [4.69, 9.17) is 4.84 Å². The van der Waals surface area contributed by atoms with Crippen LogP contribution in [0.25, 0.3) is 0 Å². The fourth-order valence-electron chi connectivity index (χ4n) is 2.77. The Morgan fingerprint density at radius 2 is 1.70 bits per heavy atom. The minimum atomic E-state index is -4.31. The van der Waals surface area contributed by atoms with Crippen LogP contribution in [0.4, 0.5) is 18.9 Å². The summed E-state index contributed by atoms with van der Waals surface area (Å²) in [5.41, 5.74) is -2.47. The Hall–Kier alpha value is -1.66. The maximum atomic E-state index is 12.7. The quantitative estimate of drug-likeness (QED) is 0.737. The van der Waals surface area contributed by atoms with Crippen LogP contribution in [0.15, 0.2) is 54.6 Å². The van der Waals surface area contributed by atoms with E-state index in [1.165, 1.54) is 0 Å². The lowest BCUT2D eigenvalue weighted by molar-refractivity contribution is -0.0362. The second-order valence-electron chi connectivity index (χ2n) is 5.37. The van der Waals surface area contributed by atoms with Crippen LogP contribution >= 0.6 is 11.8 Å². The van der Waals surface area contributed by atoms with Crippen LogP contribution in [0.1, 0.15) is 23.6 Å². The summed E-state index contributed by atoms with van der Waals surface area (Å²) in [5.74, 6) is 0. The molecule has 0 N–H and O–H groups in total. The summed E-state index contributed by atoms with van der Waals surface area (Å²) in [5, 5.41) is 1.60. The predicted molar refractivity (Wildman–Crippen MR) is 86.0 cm³/mol. The summed E-state index contributed by atoms with van der Waals surface area (Å²) in [7, 11) is 0. The van der Waals surface area contributed by atoms with Crippen LogP contribution < -0.4 is 5.06 Å². The summed E-state index contributed by atoms with van der Waals surface area (Å²) >= 11 is -0.0968. The minimum Gasteiger partial charge on any atom is -0.258 e. The van der Waals surface area contributed by atoms with Gasteiger partial charge in [-0.3, -0.25) is 4.84 Å². The SMILES string of the molecule is Cc1ccccc1C1CC(SC(F)(F)F)ON1c1ccccc1. The molecule has 1 aliphatic heterocycles.